The van der Waals surface area contributed by atoms with E-state index in [0.29, 0.717) is 0 Å². The summed E-state index contributed by atoms with van der Waals surface area (Å²) in [7, 11) is 0.844. The van der Waals surface area contributed by atoms with Gasteiger partial charge < -0.3 is 9.47 Å². The molecule has 0 spiro atoms. The molecule has 10 heteroatoms. The lowest BCUT2D eigenvalue weighted by Crippen LogP contribution is -2.54. The van der Waals surface area contributed by atoms with Gasteiger partial charge in [-0.25, -0.2) is 4.39 Å². The van der Waals surface area contributed by atoms with Gasteiger partial charge >= 0.3 is 24.0 Å². The Hall–Kier alpha value is -1.84. The van der Waals surface area contributed by atoms with Crippen LogP contribution in [0.1, 0.15) is 25.0 Å². The molecule has 0 aliphatic rings. The van der Waals surface area contributed by atoms with Gasteiger partial charge in [0.15, 0.2) is 0 Å². The van der Waals surface area contributed by atoms with Crippen molar-refractivity contribution in [3.8, 4) is 5.75 Å². The van der Waals surface area contributed by atoms with E-state index in [-0.39, 0.29) is 11.3 Å². The lowest BCUT2D eigenvalue weighted by Gasteiger charge is -2.32. The average Bonchev–Trinajstić information content (AvgIpc) is 2.41. The second-order valence-electron chi connectivity index (χ2n) is 4.89. The summed E-state index contributed by atoms with van der Waals surface area (Å²) in [5.41, 5.74) is -5.65. The first-order valence-corrected chi connectivity index (χ1v) is 6.45. The van der Waals surface area contributed by atoms with E-state index in [2.05, 4.69) is 9.47 Å². The number of carbonyl (C=O) groups excluding carboxylic acids is 1. The number of benzene rings is 1. The van der Waals surface area contributed by atoms with Crippen LogP contribution in [0.15, 0.2) is 24.3 Å². The fraction of sp³-hybridized carbons (Fsp3) is 0.500. The Kier molecular flexibility index (Phi) is 5.86. The number of hydrogen-bond acceptors (Lipinski definition) is 3. The monoisotopic (exact) mass is 362 g/mol. The number of carbonyl (C=O) groups is 1. The van der Waals surface area contributed by atoms with Crippen LogP contribution in [0, 0.1) is 0 Å². The Morgan fingerprint density at radius 2 is 1.62 bits per heavy atom. The van der Waals surface area contributed by atoms with Gasteiger partial charge in [0.1, 0.15) is 5.75 Å². The van der Waals surface area contributed by atoms with Gasteiger partial charge in [0.2, 0.25) is 0 Å². The van der Waals surface area contributed by atoms with Crippen LogP contribution in [0.4, 0.5) is 30.7 Å². The maximum absolute atomic E-state index is 13.8. The summed E-state index contributed by atoms with van der Waals surface area (Å²) in [4.78, 5) is 10.8. The predicted octanol–water partition coefficient (Wildman–Crippen LogP) is 4.52. The first-order valence-electron chi connectivity index (χ1n) is 6.45. The number of methoxy groups -OCH3 is 1. The molecule has 1 aromatic carbocycles. The minimum absolute atomic E-state index is 0.120. The van der Waals surface area contributed by atoms with Gasteiger partial charge in [-0.15, -0.1) is 0 Å². The summed E-state index contributed by atoms with van der Waals surface area (Å²) >= 11 is 0. The van der Waals surface area contributed by atoms with Gasteiger partial charge in [-0.2, -0.15) is 26.3 Å². The molecule has 0 aliphatic carbocycles. The molecule has 1 unspecified atom stereocenters. The molecule has 1 atom stereocenters. The topological polar surface area (TPSA) is 35.5 Å². The van der Waals surface area contributed by atoms with Crippen LogP contribution >= 0.6 is 0 Å². The van der Waals surface area contributed by atoms with E-state index in [4.69, 9.17) is 0 Å². The minimum atomic E-state index is -6.17. The molecule has 136 valence electrons. The van der Waals surface area contributed by atoms with Crippen LogP contribution in [-0.2, 0) is 9.53 Å². The zero-order chi connectivity index (χ0) is 18.8. The second-order valence-corrected chi connectivity index (χ2v) is 4.89. The van der Waals surface area contributed by atoms with Gasteiger partial charge in [0.05, 0.1) is 6.10 Å². The van der Waals surface area contributed by atoms with Crippen molar-refractivity contribution in [2.45, 2.75) is 37.5 Å². The van der Waals surface area contributed by atoms with E-state index in [0.717, 1.165) is 26.2 Å². The normalized spacial score (nSPS) is 14.4. The number of hydrogen-bond donors (Lipinski definition) is 0. The van der Waals surface area contributed by atoms with Crippen molar-refractivity contribution in [3.05, 3.63) is 29.8 Å². The zero-order valence-corrected chi connectivity index (χ0v) is 12.5. The van der Waals surface area contributed by atoms with Crippen molar-refractivity contribution >= 4 is 5.97 Å². The molecule has 0 aliphatic heterocycles. The third-order valence-corrected chi connectivity index (χ3v) is 3.14. The number of halogens is 7. The molecule has 24 heavy (non-hydrogen) atoms. The molecule has 0 N–H and O–H groups in total. The zero-order valence-electron chi connectivity index (χ0n) is 12.5. The molecular weight excluding hydrogens is 349 g/mol. The highest BCUT2D eigenvalue weighted by Gasteiger charge is 2.72. The molecule has 0 saturated heterocycles. The van der Waals surface area contributed by atoms with Crippen molar-refractivity contribution in [1.82, 2.24) is 0 Å². The van der Waals surface area contributed by atoms with Gasteiger partial charge in [-0.3, -0.25) is 4.79 Å². The lowest BCUT2D eigenvalue weighted by molar-refractivity contribution is -0.348. The third-order valence-electron chi connectivity index (χ3n) is 3.14. The molecule has 1 aromatic rings. The van der Waals surface area contributed by atoms with E-state index in [1.54, 1.807) is 0 Å². The molecule has 0 aromatic heterocycles. The predicted molar refractivity (Wildman–Crippen MR) is 68.1 cm³/mol. The molecule has 0 amide bonds. The van der Waals surface area contributed by atoms with Gasteiger partial charge in [-0.05, 0) is 17.7 Å². The number of ether oxygens (including phenoxy) is 2. The number of rotatable bonds is 5. The summed E-state index contributed by atoms with van der Waals surface area (Å²) in [6.45, 7) is 1.06. The maximum Gasteiger partial charge on any atom is 0.431 e. The highest BCUT2D eigenvalue weighted by molar-refractivity contribution is 5.69. The standard InChI is InChI=1S/C14H13F7O3/c1-8(22)24-10-5-3-4-9(6-10)11(23-2)7-12(15,13(16,17)18)14(19,20)21/h3-6,11H,7H2,1-2H3. The first-order chi connectivity index (χ1) is 10.8. The van der Waals surface area contributed by atoms with E-state index >= 15 is 0 Å². The van der Waals surface area contributed by atoms with Crippen molar-refractivity contribution in [3.63, 3.8) is 0 Å². The Labute approximate surface area is 132 Å². The fourth-order valence-corrected chi connectivity index (χ4v) is 1.93. The highest BCUT2D eigenvalue weighted by Crippen LogP contribution is 2.51. The summed E-state index contributed by atoms with van der Waals surface area (Å²) in [5.74, 6) is -0.864. The van der Waals surface area contributed by atoms with Crippen LogP contribution in [0.5, 0.6) is 5.75 Å². The van der Waals surface area contributed by atoms with Crippen molar-refractivity contribution < 1.29 is 45.0 Å². The number of alkyl halides is 7. The third kappa shape index (κ3) is 4.37. The van der Waals surface area contributed by atoms with Crippen molar-refractivity contribution in [1.29, 1.82) is 0 Å². The Morgan fingerprint density at radius 1 is 1.08 bits per heavy atom. The molecule has 0 radical (unpaired) electrons. The smallest absolute Gasteiger partial charge is 0.427 e. The summed E-state index contributed by atoms with van der Waals surface area (Å²) < 4.78 is 99.0. The quantitative estimate of drug-likeness (QED) is 0.439. The molecule has 0 bridgehead atoms. The van der Waals surface area contributed by atoms with E-state index in [9.17, 15) is 35.5 Å². The first kappa shape index (κ1) is 20.2. The van der Waals surface area contributed by atoms with E-state index in [1.165, 1.54) is 12.1 Å². The van der Waals surface area contributed by atoms with Crippen molar-refractivity contribution in [2.24, 2.45) is 0 Å². The van der Waals surface area contributed by atoms with Crippen LogP contribution in [-0.4, -0.2) is 31.1 Å². The molecule has 3 nitrogen and oxygen atoms in total. The summed E-state index contributed by atoms with van der Waals surface area (Å²) in [5, 5.41) is 0. The lowest BCUT2D eigenvalue weighted by atomic mass is 9.92. The molecule has 0 heterocycles. The highest BCUT2D eigenvalue weighted by atomic mass is 19.4. The Morgan fingerprint density at radius 3 is 2.04 bits per heavy atom. The van der Waals surface area contributed by atoms with Crippen LogP contribution in [0.25, 0.3) is 0 Å². The van der Waals surface area contributed by atoms with Gasteiger partial charge in [-0.1, -0.05) is 12.1 Å². The average molecular weight is 362 g/mol. The van der Waals surface area contributed by atoms with E-state index in [1.807, 2.05) is 0 Å². The molecule has 0 fully saturated rings. The second kappa shape index (κ2) is 6.96. The molecule has 0 saturated carbocycles. The minimum Gasteiger partial charge on any atom is -0.427 e. The van der Waals surface area contributed by atoms with Crippen LogP contribution in [0.2, 0.25) is 0 Å². The largest absolute Gasteiger partial charge is 0.431 e. The Bertz CT molecular complexity index is 566. The van der Waals surface area contributed by atoms with Crippen molar-refractivity contribution in [2.75, 3.05) is 7.11 Å². The molecule has 1 rings (SSSR count). The fourth-order valence-electron chi connectivity index (χ4n) is 1.93. The molecular formula is C14H13F7O3. The maximum atomic E-state index is 13.8. The number of esters is 1. The summed E-state index contributed by atoms with van der Waals surface area (Å²) in [6.07, 6.45) is -16.2. The van der Waals surface area contributed by atoms with E-state index < -0.39 is 36.5 Å². The van der Waals surface area contributed by atoms with Crippen LogP contribution in [0.3, 0.4) is 0 Å². The summed E-state index contributed by atoms with van der Waals surface area (Å²) in [6, 6.07) is 4.62. The Balaban J connectivity index is 3.20. The van der Waals surface area contributed by atoms with Gasteiger partial charge in [0, 0.05) is 20.5 Å². The van der Waals surface area contributed by atoms with Gasteiger partial charge in [0.25, 0.3) is 0 Å². The SMILES string of the molecule is COC(CC(F)(C(F)(F)F)C(F)(F)F)c1cccc(OC(C)=O)c1. The van der Waals surface area contributed by atoms with Crippen LogP contribution < -0.4 is 4.74 Å².